The Hall–Kier alpha value is -2.47. The van der Waals surface area contributed by atoms with Crippen LogP contribution in [0.3, 0.4) is 0 Å². The summed E-state index contributed by atoms with van der Waals surface area (Å²) in [4.78, 5) is 13.2. The Balaban J connectivity index is 1.54. The van der Waals surface area contributed by atoms with Crippen LogP contribution in [0.25, 0.3) is 10.1 Å². The number of rotatable bonds is 5. The number of aromatic nitrogens is 1. The molecule has 1 saturated carbocycles. The maximum Gasteiger partial charge on any atom is 0.265 e. The van der Waals surface area contributed by atoms with Gasteiger partial charge in [0.1, 0.15) is 0 Å². The average Bonchev–Trinajstić information content (AvgIpc) is 3.24. The van der Waals surface area contributed by atoms with Crippen molar-refractivity contribution in [3.05, 3.63) is 41.5 Å². The normalized spacial score (nSPS) is 13.9. The summed E-state index contributed by atoms with van der Waals surface area (Å²) >= 11 is 1.52. The van der Waals surface area contributed by atoms with Crippen molar-refractivity contribution >= 4 is 33.0 Å². The molecule has 0 bridgehead atoms. The zero-order chi connectivity index (χ0) is 16.7. The van der Waals surface area contributed by atoms with Gasteiger partial charge >= 0.3 is 0 Å². The smallest absolute Gasteiger partial charge is 0.265 e. The highest BCUT2D eigenvalue weighted by Gasteiger charge is 2.24. The van der Waals surface area contributed by atoms with Crippen molar-refractivity contribution in [3.8, 4) is 11.5 Å². The van der Waals surface area contributed by atoms with Gasteiger partial charge in [-0.1, -0.05) is 0 Å². The molecule has 5 nitrogen and oxygen atoms in total. The highest BCUT2D eigenvalue weighted by Crippen LogP contribution is 2.38. The fourth-order valence-electron chi connectivity index (χ4n) is 2.76. The van der Waals surface area contributed by atoms with Crippen molar-refractivity contribution in [3.63, 3.8) is 0 Å². The SMILES string of the molecule is COc1ccc(NC(=O)c2cc3cn(C4CC4)cc3s2)cc1OC. The van der Waals surface area contributed by atoms with Crippen molar-refractivity contribution in [1.29, 1.82) is 0 Å². The number of nitrogens with one attached hydrogen (secondary N) is 1. The van der Waals surface area contributed by atoms with E-state index < -0.39 is 0 Å². The minimum absolute atomic E-state index is 0.110. The van der Waals surface area contributed by atoms with E-state index in [0.717, 1.165) is 10.1 Å². The van der Waals surface area contributed by atoms with Gasteiger partial charge in [-0.25, -0.2) is 0 Å². The molecule has 1 fully saturated rings. The van der Waals surface area contributed by atoms with Gasteiger partial charge in [0.15, 0.2) is 11.5 Å². The molecule has 0 saturated heterocycles. The third kappa shape index (κ3) is 2.73. The Morgan fingerprint density at radius 3 is 2.62 bits per heavy atom. The van der Waals surface area contributed by atoms with Crippen LogP contribution in [0.1, 0.15) is 28.6 Å². The number of carbonyl (C=O) groups is 1. The number of thiophene rings is 1. The number of fused-ring (bicyclic) bond motifs is 1. The lowest BCUT2D eigenvalue weighted by molar-refractivity contribution is 0.103. The number of anilines is 1. The van der Waals surface area contributed by atoms with Gasteiger partial charge in [-0.3, -0.25) is 4.79 Å². The number of ether oxygens (including phenoxy) is 2. The van der Waals surface area contributed by atoms with E-state index >= 15 is 0 Å². The largest absolute Gasteiger partial charge is 0.493 e. The van der Waals surface area contributed by atoms with E-state index in [4.69, 9.17) is 9.47 Å². The third-order valence-corrected chi connectivity index (χ3v) is 5.26. The molecule has 0 unspecified atom stereocenters. The summed E-state index contributed by atoms with van der Waals surface area (Å²) in [5.41, 5.74) is 0.679. The Morgan fingerprint density at radius 2 is 1.96 bits per heavy atom. The summed E-state index contributed by atoms with van der Waals surface area (Å²) in [6.45, 7) is 0. The van der Waals surface area contributed by atoms with Gasteiger partial charge in [0.2, 0.25) is 0 Å². The summed E-state index contributed by atoms with van der Waals surface area (Å²) in [7, 11) is 3.16. The van der Waals surface area contributed by atoms with Crippen LogP contribution < -0.4 is 14.8 Å². The van der Waals surface area contributed by atoms with Crippen LogP contribution in [-0.2, 0) is 0 Å². The highest BCUT2D eigenvalue weighted by molar-refractivity contribution is 7.20. The molecule has 124 valence electrons. The molecule has 2 aromatic heterocycles. The second-order valence-corrected chi connectivity index (χ2v) is 6.97. The molecule has 3 aromatic rings. The number of hydrogen-bond donors (Lipinski definition) is 1. The van der Waals surface area contributed by atoms with Crippen LogP contribution in [-0.4, -0.2) is 24.7 Å². The van der Waals surface area contributed by atoms with Crippen LogP contribution in [0.2, 0.25) is 0 Å². The Bertz CT molecular complexity index is 877. The Labute approximate surface area is 143 Å². The number of methoxy groups -OCH3 is 2. The van der Waals surface area contributed by atoms with Gasteiger partial charge in [-0.15, -0.1) is 11.3 Å². The molecule has 4 rings (SSSR count). The molecule has 1 amide bonds. The fraction of sp³-hybridized carbons (Fsp3) is 0.278. The first-order valence-electron chi connectivity index (χ1n) is 7.82. The van der Waals surface area contributed by atoms with Gasteiger partial charge in [0.05, 0.1) is 23.8 Å². The number of amides is 1. The van der Waals surface area contributed by atoms with Crippen molar-refractivity contribution < 1.29 is 14.3 Å². The van der Waals surface area contributed by atoms with Gasteiger partial charge in [-0.05, 0) is 31.0 Å². The molecule has 24 heavy (non-hydrogen) atoms. The number of carbonyl (C=O) groups excluding carboxylic acids is 1. The molecule has 2 heterocycles. The van der Waals surface area contributed by atoms with Gasteiger partial charge in [0, 0.05) is 35.6 Å². The van der Waals surface area contributed by atoms with Gasteiger partial charge in [-0.2, -0.15) is 0 Å². The van der Waals surface area contributed by atoms with Crippen LogP contribution in [0.15, 0.2) is 36.7 Å². The minimum atomic E-state index is -0.110. The molecule has 1 aliphatic carbocycles. The molecule has 0 radical (unpaired) electrons. The first-order valence-corrected chi connectivity index (χ1v) is 8.64. The average molecular weight is 342 g/mol. The van der Waals surface area contributed by atoms with Crippen molar-refractivity contribution in [2.24, 2.45) is 0 Å². The molecule has 0 aliphatic heterocycles. The van der Waals surface area contributed by atoms with Crippen LogP contribution >= 0.6 is 11.3 Å². The monoisotopic (exact) mass is 342 g/mol. The summed E-state index contributed by atoms with van der Waals surface area (Å²) in [5.74, 6) is 1.11. The van der Waals surface area contributed by atoms with E-state index in [1.807, 2.05) is 6.07 Å². The van der Waals surface area contributed by atoms with Crippen molar-refractivity contribution in [2.75, 3.05) is 19.5 Å². The second-order valence-electron chi connectivity index (χ2n) is 5.89. The molecule has 0 atom stereocenters. The fourth-order valence-corrected chi connectivity index (χ4v) is 3.73. The van der Waals surface area contributed by atoms with Gasteiger partial charge in [0.25, 0.3) is 5.91 Å². The van der Waals surface area contributed by atoms with E-state index in [9.17, 15) is 4.79 Å². The lowest BCUT2D eigenvalue weighted by atomic mass is 10.2. The molecule has 0 spiro atoms. The molecule has 6 heteroatoms. The van der Waals surface area contributed by atoms with E-state index in [0.29, 0.717) is 28.1 Å². The molecular weight excluding hydrogens is 324 g/mol. The van der Waals surface area contributed by atoms with E-state index in [-0.39, 0.29) is 5.91 Å². The zero-order valence-corrected chi connectivity index (χ0v) is 14.4. The quantitative estimate of drug-likeness (QED) is 0.752. The number of benzene rings is 1. The topological polar surface area (TPSA) is 52.5 Å². The molecule has 1 aromatic carbocycles. The van der Waals surface area contributed by atoms with Gasteiger partial charge < -0.3 is 19.4 Å². The molecule has 1 aliphatic rings. The predicted octanol–water partition coefficient (Wildman–Crippen LogP) is 4.31. The molecular formula is C18H18N2O3S. The first kappa shape index (κ1) is 15.1. The number of hydrogen-bond acceptors (Lipinski definition) is 4. The zero-order valence-electron chi connectivity index (χ0n) is 13.5. The second kappa shape index (κ2) is 5.87. The summed E-state index contributed by atoms with van der Waals surface area (Å²) < 4.78 is 13.9. The summed E-state index contributed by atoms with van der Waals surface area (Å²) in [6.07, 6.45) is 6.80. The van der Waals surface area contributed by atoms with E-state index in [2.05, 4.69) is 22.3 Å². The highest BCUT2D eigenvalue weighted by atomic mass is 32.1. The van der Waals surface area contributed by atoms with Crippen LogP contribution in [0.4, 0.5) is 5.69 Å². The minimum Gasteiger partial charge on any atom is -0.493 e. The lowest BCUT2D eigenvalue weighted by Gasteiger charge is -2.10. The summed E-state index contributed by atoms with van der Waals surface area (Å²) in [5, 5.41) is 4.04. The van der Waals surface area contributed by atoms with Crippen molar-refractivity contribution in [2.45, 2.75) is 18.9 Å². The maximum atomic E-state index is 12.5. The lowest BCUT2D eigenvalue weighted by Crippen LogP contribution is -2.10. The van der Waals surface area contributed by atoms with Crippen LogP contribution in [0, 0.1) is 0 Å². The Morgan fingerprint density at radius 1 is 1.17 bits per heavy atom. The summed E-state index contributed by atoms with van der Waals surface area (Å²) in [6, 6.07) is 7.94. The number of nitrogens with zero attached hydrogens (tertiary/aromatic N) is 1. The third-order valence-electron chi connectivity index (χ3n) is 4.18. The molecule has 1 N–H and O–H groups in total. The van der Waals surface area contributed by atoms with E-state index in [1.54, 1.807) is 32.4 Å². The van der Waals surface area contributed by atoms with E-state index in [1.165, 1.54) is 24.2 Å². The van der Waals surface area contributed by atoms with Crippen LogP contribution in [0.5, 0.6) is 11.5 Å². The maximum absolute atomic E-state index is 12.5. The first-order chi connectivity index (χ1) is 11.7. The Kier molecular flexibility index (Phi) is 3.69. The standard InChI is InChI=1S/C18H18N2O3S/c1-22-14-6-3-12(8-15(14)23-2)19-18(21)16-7-11-9-20(13-4-5-13)10-17(11)24-16/h3,6-10,13H,4-5H2,1-2H3,(H,19,21). The predicted molar refractivity (Wildman–Crippen MR) is 95.6 cm³/mol. The van der Waals surface area contributed by atoms with Crippen molar-refractivity contribution in [1.82, 2.24) is 4.57 Å².